The van der Waals surface area contributed by atoms with Gasteiger partial charge >= 0.3 is 0 Å². The highest BCUT2D eigenvalue weighted by Gasteiger charge is 2.15. The molecule has 0 saturated heterocycles. The van der Waals surface area contributed by atoms with Crippen LogP contribution in [0.2, 0.25) is 0 Å². The summed E-state index contributed by atoms with van der Waals surface area (Å²) in [7, 11) is 3.76. The molecule has 0 atom stereocenters. The third-order valence-electron chi connectivity index (χ3n) is 3.78. The summed E-state index contributed by atoms with van der Waals surface area (Å²) in [5.74, 6) is 0.0233. The molecule has 0 aliphatic heterocycles. The van der Waals surface area contributed by atoms with Crippen LogP contribution in [0.25, 0.3) is 0 Å². The zero-order chi connectivity index (χ0) is 19.1. The van der Waals surface area contributed by atoms with E-state index in [4.69, 9.17) is 0 Å². The van der Waals surface area contributed by atoms with Crippen molar-refractivity contribution in [3.63, 3.8) is 0 Å². The second-order valence-electron chi connectivity index (χ2n) is 6.82. The van der Waals surface area contributed by atoms with Gasteiger partial charge in [-0.2, -0.15) is 0 Å². The second kappa shape index (κ2) is 8.99. The number of nitrogens with zero attached hydrogens (tertiary/aromatic N) is 2. The Labute approximate surface area is 154 Å². The van der Waals surface area contributed by atoms with Gasteiger partial charge < -0.3 is 15.5 Å². The van der Waals surface area contributed by atoms with E-state index in [1.54, 1.807) is 18.5 Å². The van der Waals surface area contributed by atoms with Gasteiger partial charge in [0.1, 0.15) is 0 Å². The number of nitrogens with one attached hydrogen (secondary N) is 2. The fourth-order valence-electron chi connectivity index (χ4n) is 2.55. The fraction of sp³-hybridized carbons (Fsp3) is 0.350. The van der Waals surface area contributed by atoms with Gasteiger partial charge in [-0.25, -0.2) is 0 Å². The van der Waals surface area contributed by atoms with Crippen LogP contribution < -0.4 is 15.5 Å². The molecule has 2 amide bonds. The Morgan fingerprint density at radius 1 is 1.19 bits per heavy atom. The Morgan fingerprint density at radius 2 is 1.96 bits per heavy atom. The van der Waals surface area contributed by atoms with Crippen LogP contribution in [0.1, 0.15) is 36.2 Å². The van der Waals surface area contributed by atoms with E-state index in [-0.39, 0.29) is 17.7 Å². The van der Waals surface area contributed by atoms with Crippen molar-refractivity contribution in [2.75, 3.05) is 24.3 Å². The zero-order valence-corrected chi connectivity index (χ0v) is 15.7. The molecule has 0 aliphatic rings. The fourth-order valence-corrected chi connectivity index (χ4v) is 2.55. The molecule has 6 nitrogen and oxygen atoms in total. The number of rotatable bonds is 7. The molecule has 0 aliphatic carbocycles. The van der Waals surface area contributed by atoms with Crippen LogP contribution in [0.15, 0.2) is 42.7 Å². The molecule has 1 heterocycles. The lowest BCUT2D eigenvalue weighted by atomic mass is 10.1. The summed E-state index contributed by atoms with van der Waals surface area (Å²) in [4.78, 5) is 30.6. The van der Waals surface area contributed by atoms with Crippen molar-refractivity contribution < 1.29 is 9.59 Å². The molecular formula is C20H26N4O2. The summed E-state index contributed by atoms with van der Waals surface area (Å²) in [6.07, 6.45) is 3.85. The Bertz CT molecular complexity index is 758. The topological polar surface area (TPSA) is 74.3 Å². The lowest BCUT2D eigenvalue weighted by molar-refractivity contribution is -0.116. The lowest BCUT2D eigenvalue weighted by Crippen LogP contribution is -2.26. The van der Waals surface area contributed by atoms with Gasteiger partial charge in [0.25, 0.3) is 5.91 Å². The van der Waals surface area contributed by atoms with Crippen LogP contribution in [0.4, 0.5) is 11.4 Å². The summed E-state index contributed by atoms with van der Waals surface area (Å²) in [6.45, 7) is 4.38. The SMILES string of the molecule is CC(C)CC(=O)Nc1ccc(N(C)C)c(C(=O)NCc2cccnc2)c1. The standard InChI is InChI=1S/C20H26N4O2/c1-14(2)10-19(25)23-16-7-8-18(24(3)4)17(11-16)20(26)22-13-15-6-5-9-21-12-15/h5-9,11-12,14H,10,13H2,1-4H3,(H,22,26)(H,23,25). The number of anilines is 2. The molecule has 0 spiro atoms. The van der Waals surface area contributed by atoms with Crippen LogP contribution in [-0.2, 0) is 11.3 Å². The van der Waals surface area contributed by atoms with Crippen LogP contribution in [0, 0.1) is 5.92 Å². The number of carbonyl (C=O) groups excluding carboxylic acids is 2. The van der Waals surface area contributed by atoms with Crippen molar-refractivity contribution in [1.29, 1.82) is 0 Å². The first-order chi connectivity index (χ1) is 12.4. The third kappa shape index (κ3) is 5.58. The highest BCUT2D eigenvalue weighted by Crippen LogP contribution is 2.23. The summed E-state index contributed by atoms with van der Waals surface area (Å²) >= 11 is 0. The summed E-state index contributed by atoms with van der Waals surface area (Å²) in [6, 6.07) is 9.10. The van der Waals surface area contributed by atoms with E-state index in [1.807, 2.05) is 57.1 Å². The molecule has 0 saturated carbocycles. The second-order valence-corrected chi connectivity index (χ2v) is 6.82. The number of carbonyl (C=O) groups is 2. The Kier molecular flexibility index (Phi) is 6.72. The predicted molar refractivity (Wildman–Crippen MR) is 104 cm³/mol. The van der Waals surface area contributed by atoms with Crippen molar-refractivity contribution in [3.05, 3.63) is 53.9 Å². The van der Waals surface area contributed by atoms with Crippen molar-refractivity contribution in [2.45, 2.75) is 26.8 Å². The average molecular weight is 354 g/mol. The van der Waals surface area contributed by atoms with Crippen molar-refractivity contribution >= 4 is 23.2 Å². The normalized spacial score (nSPS) is 10.5. The zero-order valence-electron chi connectivity index (χ0n) is 15.7. The number of amides is 2. The predicted octanol–water partition coefficient (Wildman–Crippen LogP) is 3.06. The van der Waals surface area contributed by atoms with Gasteiger partial charge in [0.2, 0.25) is 5.91 Å². The summed E-state index contributed by atoms with van der Waals surface area (Å²) < 4.78 is 0. The number of benzene rings is 1. The smallest absolute Gasteiger partial charge is 0.253 e. The van der Waals surface area contributed by atoms with E-state index in [2.05, 4.69) is 15.6 Å². The first-order valence-electron chi connectivity index (χ1n) is 8.65. The minimum absolute atomic E-state index is 0.0562. The largest absolute Gasteiger partial charge is 0.377 e. The van der Waals surface area contributed by atoms with E-state index in [0.717, 1.165) is 11.3 Å². The van der Waals surface area contributed by atoms with E-state index < -0.39 is 0 Å². The number of hydrogen-bond donors (Lipinski definition) is 2. The molecule has 0 unspecified atom stereocenters. The van der Waals surface area contributed by atoms with Gasteiger partial charge in [0.15, 0.2) is 0 Å². The van der Waals surface area contributed by atoms with E-state index in [9.17, 15) is 9.59 Å². The average Bonchev–Trinajstić information content (AvgIpc) is 2.59. The lowest BCUT2D eigenvalue weighted by Gasteiger charge is -2.18. The van der Waals surface area contributed by atoms with Crippen molar-refractivity contribution in [1.82, 2.24) is 10.3 Å². The quantitative estimate of drug-likeness (QED) is 0.801. The van der Waals surface area contributed by atoms with Gasteiger partial charge in [-0.1, -0.05) is 19.9 Å². The molecule has 138 valence electrons. The number of pyridine rings is 1. The maximum atomic E-state index is 12.7. The van der Waals surface area contributed by atoms with Gasteiger partial charge in [-0.05, 0) is 35.7 Å². The van der Waals surface area contributed by atoms with Crippen LogP contribution in [0.5, 0.6) is 0 Å². The molecule has 0 radical (unpaired) electrons. The maximum absolute atomic E-state index is 12.7. The summed E-state index contributed by atoms with van der Waals surface area (Å²) in [5.41, 5.74) is 2.85. The summed E-state index contributed by atoms with van der Waals surface area (Å²) in [5, 5.41) is 5.77. The third-order valence-corrected chi connectivity index (χ3v) is 3.78. The Morgan fingerprint density at radius 3 is 2.58 bits per heavy atom. The van der Waals surface area contributed by atoms with E-state index in [1.165, 1.54) is 0 Å². The van der Waals surface area contributed by atoms with Gasteiger partial charge in [0, 0.05) is 50.8 Å². The Balaban J connectivity index is 2.16. The minimum atomic E-state index is -0.197. The molecule has 6 heteroatoms. The van der Waals surface area contributed by atoms with Crippen LogP contribution >= 0.6 is 0 Å². The molecular weight excluding hydrogens is 328 g/mol. The van der Waals surface area contributed by atoms with Crippen LogP contribution in [0.3, 0.4) is 0 Å². The minimum Gasteiger partial charge on any atom is -0.377 e. The van der Waals surface area contributed by atoms with Crippen molar-refractivity contribution in [3.8, 4) is 0 Å². The molecule has 0 bridgehead atoms. The first-order valence-corrected chi connectivity index (χ1v) is 8.65. The monoisotopic (exact) mass is 354 g/mol. The Hall–Kier alpha value is -2.89. The first kappa shape index (κ1) is 19.4. The molecule has 1 aromatic carbocycles. The van der Waals surface area contributed by atoms with E-state index >= 15 is 0 Å². The van der Waals surface area contributed by atoms with Gasteiger partial charge in [-0.3, -0.25) is 14.6 Å². The molecule has 0 fully saturated rings. The van der Waals surface area contributed by atoms with Gasteiger partial charge in [0.05, 0.1) is 5.56 Å². The molecule has 1 aromatic heterocycles. The highest BCUT2D eigenvalue weighted by atomic mass is 16.2. The number of hydrogen-bond acceptors (Lipinski definition) is 4. The maximum Gasteiger partial charge on any atom is 0.253 e. The van der Waals surface area contributed by atoms with Crippen molar-refractivity contribution in [2.24, 2.45) is 5.92 Å². The van der Waals surface area contributed by atoms with Crippen LogP contribution in [-0.4, -0.2) is 30.9 Å². The molecule has 2 aromatic rings. The van der Waals surface area contributed by atoms with E-state index in [0.29, 0.717) is 24.2 Å². The molecule has 2 rings (SSSR count). The molecule has 26 heavy (non-hydrogen) atoms. The molecule has 2 N–H and O–H groups in total. The number of aromatic nitrogens is 1. The highest BCUT2D eigenvalue weighted by molar-refractivity contribution is 6.02. The van der Waals surface area contributed by atoms with Gasteiger partial charge in [-0.15, -0.1) is 0 Å².